The Morgan fingerprint density at radius 2 is 1.64 bits per heavy atom. The van der Waals surface area contributed by atoms with Gasteiger partial charge in [0, 0.05) is 13.0 Å². The molecule has 0 aliphatic carbocycles. The van der Waals surface area contributed by atoms with E-state index in [-0.39, 0.29) is 12.3 Å². The SMILES string of the molecule is CCC(=O)NCCCCC(NC(=O)NC(C)C(=O)O)C(=O)O. The number of rotatable bonds is 10. The van der Waals surface area contributed by atoms with Crippen LogP contribution in [0.3, 0.4) is 0 Å². The number of carboxylic acids is 2. The minimum absolute atomic E-state index is 0.0741. The Labute approximate surface area is 128 Å². The van der Waals surface area contributed by atoms with Crippen molar-refractivity contribution in [3.05, 3.63) is 0 Å². The highest BCUT2D eigenvalue weighted by Gasteiger charge is 2.21. The molecule has 0 rings (SSSR count). The molecule has 126 valence electrons. The zero-order valence-electron chi connectivity index (χ0n) is 12.7. The van der Waals surface area contributed by atoms with E-state index in [4.69, 9.17) is 10.2 Å². The van der Waals surface area contributed by atoms with Crippen LogP contribution in [-0.4, -0.2) is 52.7 Å². The van der Waals surface area contributed by atoms with Crippen molar-refractivity contribution < 1.29 is 29.4 Å². The maximum atomic E-state index is 11.5. The Hall–Kier alpha value is -2.32. The minimum atomic E-state index is -1.21. The second-order valence-corrected chi connectivity index (χ2v) is 4.77. The maximum Gasteiger partial charge on any atom is 0.326 e. The van der Waals surface area contributed by atoms with E-state index in [0.29, 0.717) is 25.8 Å². The van der Waals surface area contributed by atoms with E-state index in [9.17, 15) is 19.2 Å². The van der Waals surface area contributed by atoms with E-state index in [1.165, 1.54) is 6.92 Å². The summed E-state index contributed by atoms with van der Waals surface area (Å²) in [5, 5.41) is 24.7. The molecule has 0 saturated heterocycles. The van der Waals surface area contributed by atoms with E-state index in [1.54, 1.807) is 6.92 Å². The summed E-state index contributed by atoms with van der Waals surface area (Å²) in [5.41, 5.74) is 0. The number of aliphatic carboxylic acids is 2. The standard InChI is InChI=1S/C13H23N3O6/c1-3-10(17)14-7-5-4-6-9(12(20)21)16-13(22)15-8(2)11(18)19/h8-9H,3-7H2,1-2H3,(H,14,17)(H,18,19)(H,20,21)(H2,15,16,22). The number of carbonyl (C=O) groups is 4. The van der Waals surface area contributed by atoms with Gasteiger partial charge in [-0.1, -0.05) is 6.92 Å². The van der Waals surface area contributed by atoms with Crippen molar-refractivity contribution in [2.24, 2.45) is 0 Å². The lowest BCUT2D eigenvalue weighted by Crippen LogP contribution is -2.50. The van der Waals surface area contributed by atoms with Gasteiger partial charge in [0.25, 0.3) is 0 Å². The molecule has 3 amide bonds. The second kappa shape index (κ2) is 10.4. The molecular weight excluding hydrogens is 294 g/mol. The molecule has 0 aromatic heterocycles. The molecule has 9 heteroatoms. The predicted octanol–water partition coefficient (Wildman–Crippen LogP) is -0.0916. The van der Waals surface area contributed by atoms with E-state index in [1.807, 2.05) is 0 Å². The van der Waals surface area contributed by atoms with Gasteiger partial charge in [-0.15, -0.1) is 0 Å². The summed E-state index contributed by atoms with van der Waals surface area (Å²) in [4.78, 5) is 44.1. The van der Waals surface area contributed by atoms with Crippen LogP contribution in [0.5, 0.6) is 0 Å². The van der Waals surface area contributed by atoms with E-state index >= 15 is 0 Å². The number of hydrogen-bond acceptors (Lipinski definition) is 4. The molecular formula is C13H23N3O6. The van der Waals surface area contributed by atoms with Gasteiger partial charge in [-0.25, -0.2) is 9.59 Å². The van der Waals surface area contributed by atoms with Crippen molar-refractivity contribution in [2.45, 2.75) is 51.6 Å². The normalized spacial score (nSPS) is 12.8. The largest absolute Gasteiger partial charge is 0.480 e. The third kappa shape index (κ3) is 8.77. The Morgan fingerprint density at radius 1 is 1.00 bits per heavy atom. The van der Waals surface area contributed by atoms with Crippen molar-refractivity contribution in [3.63, 3.8) is 0 Å². The zero-order valence-corrected chi connectivity index (χ0v) is 12.7. The highest BCUT2D eigenvalue weighted by atomic mass is 16.4. The van der Waals surface area contributed by atoms with Gasteiger partial charge in [-0.3, -0.25) is 9.59 Å². The zero-order chi connectivity index (χ0) is 17.1. The van der Waals surface area contributed by atoms with Crippen molar-refractivity contribution >= 4 is 23.9 Å². The second-order valence-electron chi connectivity index (χ2n) is 4.77. The molecule has 2 unspecified atom stereocenters. The van der Waals surface area contributed by atoms with Crippen LogP contribution in [0.25, 0.3) is 0 Å². The summed E-state index contributed by atoms with van der Waals surface area (Å²) in [5.74, 6) is -2.49. The van der Waals surface area contributed by atoms with Crippen molar-refractivity contribution in [1.29, 1.82) is 0 Å². The fourth-order valence-corrected chi connectivity index (χ4v) is 1.54. The van der Waals surface area contributed by atoms with Crippen LogP contribution in [0.15, 0.2) is 0 Å². The third-order valence-electron chi connectivity index (χ3n) is 2.88. The summed E-state index contributed by atoms with van der Waals surface area (Å²) in [6, 6.07) is -3.07. The quantitative estimate of drug-likeness (QED) is 0.356. The molecule has 0 radical (unpaired) electrons. The first kappa shape index (κ1) is 19.7. The summed E-state index contributed by atoms with van der Waals surface area (Å²) in [6.45, 7) is 3.45. The maximum absolute atomic E-state index is 11.5. The number of unbranched alkanes of at least 4 members (excludes halogenated alkanes) is 1. The summed E-state index contributed by atoms with van der Waals surface area (Å²) < 4.78 is 0. The van der Waals surface area contributed by atoms with Crippen LogP contribution in [-0.2, 0) is 14.4 Å². The molecule has 0 heterocycles. The number of nitrogens with one attached hydrogen (secondary N) is 3. The van der Waals surface area contributed by atoms with Crippen LogP contribution >= 0.6 is 0 Å². The Bertz CT molecular complexity index is 413. The van der Waals surface area contributed by atoms with Crippen LogP contribution in [0, 0.1) is 0 Å². The molecule has 5 N–H and O–H groups in total. The van der Waals surface area contributed by atoms with Gasteiger partial charge in [0.1, 0.15) is 12.1 Å². The highest BCUT2D eigenvalue weighted by Crippen LogP contribution is 2.01. The highest BCUT2D eigenvalue weighted by molar-refractivity contribution is 5.85. The fraction of sp³-hybridized carbons (Fsp3) is 0.692. The lowest BCUT2D eigenvalue weighted by molar-refractivity contribution is -0.139. The third-order valence-corrected chi connectivity index (χ3v) is 2.88. The number of urea groups is 1. The van der Waals surface area contributed by atoms with Gasteiger partial charge in [-0.2, -0.15) is 0 Å². The van der Waals surface area contributed by atoms with Crippen LogP contribution in [0.1, 0.15) is 39.5 Å². The first-order valence-corrected chi connectivity index (χ1v) is 7.07. The molecule has 0 fully saturated rings. The number of amides is 3. The van der Waals surface area contributed by atoms with E-state index in [2.05, 4.69) is 16.0 Å². The van der Waals surface area contributed by atoms with E-state index < -0.39 is 30.1 Å². The molecule has 0 saturated carbocycles. The topological polar surface area (TPSA) is 145 Å². The summed E-state index contributed by atoms with van der Waals surface area (Å²) >= 11 is 0. The van der Waals surface area contributed by atoms with Gasteiger partial charge >= 0.3 is 18.0 Å². The van der Waals surface area contributed by atoms with Gasteiger partial charge in [0.15, 0.2) is 0 Å². The van der Waals surface area contributed by atoms with Crippen molar-refractivity contribution in [1.82, 2.24) is 16.0 Å². The predicted molar refractivity (Wildman–Crippen MR) is 77.3 cm³/mol. The minimum Gasteiger partial charge on any atom is -0.480 e. The monoisotopic (exact) mass is 317 g/mol. The molecule has 22 heavy (non-hydrogen) atoms. The molecule has 0 aromatic carbocycles. The van der Waals surface area contributed by atoms with Crippen molar-refractivity contribution in [2.75, 3.05) is 6.54 Å². The van der Waals surface area contributed by atoms with Gasteiger partial charge in [-0.05, 0) is 26.2 Å². The van der Waals surface area contributed by atoms with Crippen LogP contribution in [0.4, 0.5) is 4.79 Å². The number of carboxylic acid groups (broad SMARTS) is 2. The first-order valence-electron chi connectivity index (χ1n) is 7.07. The number of hydrogen-bond donors (Lipinski definition) is 5. The van der Waals surface area contributed by atoms with Crippen LogP contribution < -0.4 is 16.0 Å². The molecule has 0 bridgehead atoms. The Kier molecular flexibility index (Phi) is 9.31. The Balaban J connectivity index is 4.11. The van der Waals surface area contributed by atoms with E-state index in [0.717, 1.165) is 0 Å². The molecule has 0 spiro atoms. The molecule has 0 aliphatic heterocycles. The lowest BCUT2D eigenvalue weighted by Gasteiger charge is -2.16. The smallest absolute Gasteiger partial charge is 0.326 e. The fourth-order valence-electron chi connectivity index (χ4n) is 1.54. The van der Waals surface area contributed by atoms with Gasteiger partial charge < -0.3 is 26.2 Å². The van der Waals surface area contributed by atoms with Gasteiger partial charge in [0.05, 0.1) is 0 Å². The first-order chi connectivity index (χ1) is 10.3. The van der Waals surface area contributed by atoms with Crippen LogP contribution in [0.2, 0.25) is 0 Å². The summed E-state index contributed by atoms with van der Waals surface area (Å²) in [7, 11) is 0. The molecule has 0 aliphatic rings. The molecule has 2 atom stereocenters. The average Bonchev–Trinajstić information content (AvgIpc) is 2.44. The summed E-state index contributed by atoms with van der Waals surface area (Å²) in [6.07, 6.45) is 1.66. The Morgan fingerprint density at radius 3 is 2.14 bits per heavy atom. The van der Waals surface area contributed by atoms with Crippen molar-refractivity contribution in [3.8, 4) is 0 Å². The average molecular weight is 317 g/mol. The molecule has 9 nitrogen and oxygen atoms in total. The molecule has 0 aromatic rings. The lowest BCUT2D eigenvalue weighted by atomic mass is 10.1. The van der Waals surface area contributed by atoms with Gasteiger partial charge in [0.2, 0.25) is 5.91 Å². The number of carbonyl (C=O) groups excluding carboxylic acids is 2.